The molecule has 0 aliphatic rings. The van der Waals surface area contributed by atoms with E-state index < -0.39 is 22.6 Å². The lowest BCUT2D eigenvalue weighted by molar-refractivity contribution is -0.385. The van der Waals surface area contributed by atoms with Crippen LogP contribution in [0.15, 0.2) is 53.0 Å². The minimum Gasteiger partial charge on any atom is -0.465 e. The molecule has 0 amide bonds. The van der Waals surface area contributed by atoms with E-state index in [0.717, 1.165) is 4.47 Å². The van der Waals surface area contributed by atoms with E-state index in [2.05, 4.69) is 15.9 Å². The molecule has 7 heteroatoms. The summed E-state index contributed by atoms with van der Waals surface area (Å²) >= 11 is 3.27. The molecule has 0 aliphatic carbocycles. The second-order valence-electron chi connectivity index (χ2n) is 4.87. The third-order valence-corrected chi connectivity index (χ3v) is 3.89. The second-order valence-corrected chi connectivity index (χ2v) is 5.79. The number of para-hydroxylation sites is 1. The highest BCUT2D eigenvalue weighted by Crippen LogP contribution is 2.30. The van der Waals surface area contributed by atoms with Gasteiger partial charge in [-0.2, -0.15) is 0 Å². The molecule has 0 bridgehead atoms. The van der Waals surface area contributed by atoms with Crippen molar-refractivity contribution >= 4 is 33.4 Å². The van der Waals surface area contributed by atoms with Crippen molar-refractivity contribution in [3.05, 3.63) is 74.2 Å². The highest BCUT2D eigenvalue weighted by Gasteiger charge is 2.35. The molecule has 0 radical (unpaired) electrons. The molecule has 0 heterocycles. The van der Waals surface area contributed by atoms with E-state index in [-0.39, 0.29) is 23.4 Å². The molecule has 2 aromatic carbocycles. The third-order valence-electron chi connectivity index (χ3n) is 3.36. The lowest BCUT2D eigenvalue weighted by atomic mass is 9.89. The van der Waals surface area contributed by atoms with Gasteiger partial charge in [-0.25, -0.2) is 0 Å². The van der Waals surface area contributed by atoms with Crippen LogP contribution in [0.25, 0.3) is 0 Å². The second kappa shape index (κ2) is 7.83. The molecule has 1 unspecified atom stereocenters. The number of nitro benzene ring substituents is 1. The monoisotopic (exact) mass is 391 g/mol. The number of esters is 1. The summed E-state index contributed by atoms with van der Waals surface area (Å²) in [5, 5.41) is 11.2. The van der Waals surface area contributed by atoms with Gasteiger partial charge in [0, 0.05) is 16.1 Å². The maximum absolute atomic E-state index is 12.8. The van der Waals surface area contributed by atoms with Gasteiger partial charge in [-0.15, -0.1) is 0 Å². The van der Waals surface area contributed by atoms with Crippen LogP contribution in [0.3, 0.4) is 0 Å². The van der Waals surface area contributed by atoms with Gasteiger partial charge in [-0.1, -0.05) is 46.3 Å². The first-order valence-electron chi connectivity index (χ1n) is 7.15. The summed E-state index contributed by atoms with van der Waals surface area (Å²) in [5.41, 5.74) is 0.00397. The molecule has 0 aliphatic heterocycles. The molecule has 24 heavy (non-hydrogen) atoms. The summed E-state index contributed by atoms with van der Waals surface area (Å²) in [7, 11) is 0. The van der Waals surface area contributed by atoms with E-state index in [1.54, 1.807) is 37.3 Å². The Bertz CT molecular complexity index is 773. The van der Waals surface area contributed by atoms with Crippen molar-refractivity contribution in [3.63, 3.8) is 0 Å². The van der Waals surface area contributed by atoms with Crippen molar-refractivity contribution in [1.29, 1.82) is 0 Å². The van der Waals surface area contributed by atoms with Crippen molar-refractivity contribution in [1.82, 2.24) is 0 Å². The van der Waals surface area contributed by atoms with Crippen molar-refractivity contribution in [2.24, 2.45) is 0 Å². The number of Topliss-reactive ketones (excluding diaryl/α,β-unsaturated/α-hetero) is 1. The number of nitro groups is 1. The van der Waals surface area contributed by atoms with Crippen molar-refractivity contribution in [2.45, 2.75) is 12.8 Å². The predicted molar refractivity (Wildman–Crippen MR) is 90.9 cm³/mol. The zero-order chi connectivity index (χ0) is 17.7. The Morgan fingerprint density at radius 1 is 1.17 bits per heavy atom. The van der Waals surface area contributed by atoms with E-state index >= 15 is 0 Å². The van der Waals surface area contributed by atoms with Gasteiger partial charge in [0.2, 0.25) is 0 Å². The van der Waals surface area contributed by atoms with Crippen LogP contribution in [0.2, 0.25) is 0 Å². The maximum Gasteiger partial charge on any atom is 0.321 e. The fraction of sp³-hybridized carbons (Fsp3) is 0.176. The summed E-state index contributed by atoms with van der Waals surface area (Å²) in [6.45, 7) is 1.68. The summed E-state index contributed by atoms with van der Waals surface area (Å²) < 4.78 is 5.74. The molecule has 124 valence electrons. The van der Waals surface area contributed by atoms with Crippen molar-refractivity contribution in [3.8, 4) is 0 Å². The minimum absolute atomic E-state index is 0.0221. The van der Waals surface area contributed by atoms with E-state index in [9.17, 15) is 19.7 Å². The van der Waals surface area contributed by atoms with E-state index in [1.165, 1.54) is 18.2 Å². The van der Waals surface area contributed by atoms with Gasteiger partial charge < -0.3 is 4.74 Å². The molecule has 0 saturated heterocycles. The Balaban J connectivity index is 2.53. The Morgan fingerprint density at radius 2 is 1.79 bits per heavy atom. The van der Waals surface area contributed by atoms with Crippen LogP contribution >= 0.6 is 15.9 Å². The van der Waals surface area contributed by atoms with Crippen LogP contribution in [0, 0.1) is 10.1 Å². The van der Waals surface area contributed by atoms with Crippen LogP contribution < -0.4 is 0 Å². The Hall–Kier alpha value is -2.54. The molecular formula is C17H14BrNO5. The Kier molecular flexibility index (Phi) is 5.81. The van der Waals surface area contributed by atoms with E-state index in [1.807, 2.05) is 0 Å². The van der Waals surface area contributed by atoms with Gasteiger partial charge in [0.25, 0.3) is 5.69 Å². The first-order chi connectivity index (χ1) is 11.5. The highest BCUT2D eigenvalue weighted by atomic mass is 79.9. The SMILES string of the molecule is CCOC(=O)C(C(=O)c1ccc(Br)cc1)c1ccccc1[N+](=O)[O-]. The number of halogens is 1. The fourth-order valence-electron chi connectivity index (χ4n) is 2.28. The van der Waals surface area contributed by atoms with Crippen LogP contribution in [0.1, 0.15) is 28.8 Å². The number of carbonyl (C=O) groups is 2. The molecule has 2 rings (SSSR count). The molecular weight excluding hydrogens is 378 g/mol. The quantitative estimate of drug-likeness (QED) is 0.245. The molecule has 2 aromatic rings. The van der Waals surface area contributed by atoms with Crippen LogP contribution in [0.5, 0.6) is 0 Å². The Morgan fingerprint density at radius 3 is 2.38 bits per heavy atom. The van der Waals surface area contributed by atoms with Crippen molar-refractivity contribution < 1.29 is 19.2 Å². The molecule has 1 atom stereocenters. The minimum atomic E-state index is -1.38. The zero-order valence-corrected chi connectivity index (χ0v) is 14.4. The van der Waals surface area contributed by atoms with Gasteiger partial charge in [-0.3, -0.25) is 19.7 Å². The number of benzene rings is 2. The average Bonchev–Trinajstić information content (AvgIpc) is 2.56. The van der Waals surface area contributed by atoms with Crippen LogP contribution in [0.4, 0.5) is 5.69 Å². The van der Waals surface area contributed by atoms with Gasteiger partial charge in [0.05, 0.1) is 17.1 Å². The van der Waals surface area contributed by atoms with Gasteiger partial charge in [0.15, 0.2) is 11.7 Å². The van der Waals surface area contributed by atoms with Gasteiger partial charge >= 0.3 is 5.97 Å². The summed E-state index contributed by atoms with van der Waals surface area (Å²) in [6, 6.07) is 12.1. The molecule has 0 aromatic heterocycles. The summed E-state index contributed by atoms with van der Waals surface area (Å²) in [6.07, 6.45) is 0. The van der Waals surface area contributed by atoms with Crippen molar-refractivity contribution in [2.75, 3.05) is 6.61 Å². The number of ether oxygens (including phenoxy) is 1. The summed E-state index contributed by atoms with van der Waals surface area (Å²) in [4.78, 5) is 35.8. The third kappa shape index (κ3) is 3.86. The van der Waals surface area contributed by atoms with Crippen LogP contribution in [-0.2, 0) is 9.53 Å². The predicted octanol–water partition coefficient (Wildman–Crippen LogP) is 3.89. The van der Waals surface area contributed by atoms with Gasteiger partial charge in [0.1, 0.15) is 0 Å². The topological polar surface area (TPSA) is 86.5 Å². The van der Waals surface area contributed by atoms with E-state index in [0.29, 0.717) is 0 Å². The first kappa shape index (κ1) is 17.8. The molecule has 6 nitrogen and oxygen atoms in total. The Labute approximate surface area is 146 Å². The number of carbonyl (C=O) groups excluding carboxylic acids is 2. The van der Waals surface area contributed by atoms with E-state index in [4.69, 9.17) is 4.74 Å². The smallest absolute Gasteiger partial charge is 0.321 e. The number of nitrogens with zero attached hydrogens (tertiary/aromatic N) is 1. The number of hydrogen-bond acceptors (Lipinski definition) is 5. The maximum atomic E-state index is 12.8. The van der Waals surface area contributed by atoms with Crippen LogP contribution in [-0.4, -0.2) is 23.3 Å². The first-order valence-corrected chi connectivity index (χ1v) is 7.94. The highest BCUT2D eigenvalue weighted by molar-refractivity contribution is 9.10. The average molecular weight is 392 g/mol. The largest absolute Gasteiger partial charge is 0.465 e. The van der Waals surface area contributed by atoms with Gasteiger partial charge in [-0.05, 0) is 19.1 Å². The molecule has 0 fully saturated rings. The number of rotatable bonds is 6. The lowest BCUT2D eigenvalue weighted by Gasteiger charge is -2.15. The summed E-state index contributed by atoms with van der Waals surface area (Å²) in [5.74, 6) is -2.73. The number of hydrogen-bond donors (Lipinski definition) is 0. The standard InChI is InChI=1S/C17H14BrNO5/c1-2-24-17(21)15(13-5-3-4-6-14(13)19(22)23)16(20)11-7-9-12(18)10-8-11/h3-10,15H,2H2,1H3. The fourth-order valence-corrected chi connectivity index (χ4v) is 2.54. The number of ketones is 1. The zero-order valence-electron chi connectivity index (χ0n) is 12.8. The normalized spacial score (nSPS) is 11.6. The molecule has 0 spiro atoms. The lowest BCUT2D eigenvalue weighted by Crippen LogP contribution is -2.25. The molecule has 0 N–H and O–H groups in total. The molecule has 0 saturated carbocycles.